The summed E-state index contributed by atoms with van der Waals surface area (Å²) in [6.45, 7) is 5.09. The van der Waals surface area contributed by atoms with Gasteiger partial charge in [0.2, 0.25) is 11.8 Å². The zero-order chi connectivity index (χ0) is 38.0. The molecule has 0 saturated carbocycles. The number of aliphatic carboxylic acids is 1. The van der Waals surface area contributed by atoms with Crippen LogP contribution in [0.4, 0.5) is 18.0 Å². The van der Waals surface area contributed by atoms with Crippen molar-refractivity contribution in [2.24, 2.45) is 5.41 Å². The summed E-state index contributed by atoms with van der Waals surface area (Å²) in [5.41, 5.74) is 2.76. The highest BCUT2D eigenvalue weighted by atomic mass is 19.4. The number of hydrogen-bond donors (Lipinski definition) is 1. The van der Waals surface area contributed by atoms with Gasteiger partial charge in [0.1, 0.15) is 24.7 Å². The van der Waals surface area contributed by atoms with E-state index in [0.717, 1.165) is 39.3 Å². The van der Waals surface area contributed by atoms with Gasteiger partial charge in [0, 0.05) is 33.0 Å². The lowest BCUT2D eigenvalue weighted by Crippen LogP contribution is -2.60. The SMILES string of the molecule is CN(C(=O)[C@H](Cc1ccc(C(F)(F)F)cc1)N1CC/C=C\C[C@H](N(C)C(=O)OCC2c3ccccc3-c3ccccc32)C1=O)C(C(=O)O)C(C)(C)C. The average molecular weight is 720 g/mol. The summed E-state index contributed by atoms with van der Waals surface area (Å²) in [5, 5.41) is 10.1. The van der Waals surface area contributed by atoms with Crippen LogP contribution in [-0.2, 0) is 31.7 Å². The Hall–Kier alpha value is -5.13. The number of alkyl halides is 3. The zero-order valence-electron chi connectivity index (χ0n) is 29.9. The lowest BCUT2D eigenvalue weighted by Gasteiger charge is -2.41. The van der Waals surface area contributed by atoms with Crippen LogP contribution in [0.1, 0.15) is 61.8 Å². The molecule has 3 aromatic rings. The molecule has 1 N–H and O–H groups in total. The van der Waals surface area contributed by atoms with Crippen LogP contribution in [0.5, 0.6) is 0 Å². The highest BCUT2D eigenvalue weighted by molar-refractivity contribution is 5.93. The summed E-state index contributed by atoms with van der Waals surface area (Å²) in [5.74, 6) is -2.71. The standard InChI is InChI=1S/C40H44F3N3O6/c1-39(2,3)34(37(49)50)45(5)35(47)33(23-25-18-20-26(21-19-25)40(41,42)43)46-22-12-6-7-17-32(36(46)48)44(4)38(51)52-24-31-29-15-10-8-13-27(29)28-14-9-11-16-30(28)31/h6-11,13-16,18-21,31-34H,12,17,22-24H2,1-5H3,(H,49,50)/b7-6-/t32-,33-,34?/m0/s1. The Kier molecular flexibility index (Phi) is 11.2. The molecule has 0 spiro atoms. The van der Waals surface area contributed by atoms with Gasteiger partial charge >= 0.3 is 18.2 Å². The first kappa shape index (κ1) is 38.1. The molecule has 2 aliphatic rings. The highest BCUT2D eigenvalue weighted by Crippen LogP contribution is 2.44. The fourth-order valence-corrected chi connectivity index (χ4v) is 7.28. The Balaban J connectivity index is 1.42. The first-order chi connectivity index (χ1) is 24.5. The van der Waals surface area contributed by atoms with E-state index in [9.17, 15) is 37.5 Å². The van der Waals surface area contributed by atoms with Crippen LogP contribution in [0.3, 0.4) is 0 Å². The quantitative estimate of drug-likeness (QED) is 0.239. The second-order valence-electron chi connectivity index (χ2n) is 14.4. The molecular formula is C40H44F3N3O6. The topological polar surface area (TPSA) is 107 Å². The second kappa shape index (κ2) is 15.2. The smallest absolute Gasteiger partial charge is 0.416 e. The van der Waals surface area contributed by atoms with Gasteiger partial charge in [0.05, 0.1) is 5.56 Å². The largest absolute Gasteiger partial charge is 0.480 e. The molecule has 276 valence electrons. The Bertz CT molecular complexity index is 1790. The van der Waals surface area contributed by atoms with E-state index >= 15 is 0 Å². The monoisotopic (exact) mass is 719 g/mol. The molecule has 1 aliphatic carbocycles. The van der Waals surface area contributed by atoms with Gasteiger partial charge in [0.15, 0.2) is 0 Å². The molecule has 0 aromatic heterocycles. The number of fused-ring (bicyclic) bond motifs is 3. The molecule has 0 saturated heterocycles. The maximum Gasteiger partial charge on any atom is 0.416 e. The Morgan fingerprint density at radius 3 is 2.02 bits per heavy atom. The summed E-state index contributed by atoms with van der Waals surface area (Å²) in [6, 6.07) is 16.5. The molecule has 52 heavy (non-hydrogen) atoms. The zero-order valence-corrected chi connectivity index (χ0v) is 29.9. The van der Waals surface area contributed by atoms with Gasteiger partial charge in [-0.05, 0) is 58.2 Å². The minimum Gasteiger partial charge on any atom is -0.480 e. The third-order valence-electron chi connectivity index (χ3n) is 9.88. The fraction of sp³-hybridized carbons (Fsp3) is 0.400. The van der Waals surface area contributed by atoms with Gasteiger partial charge in [-0.3, -0.25) is 14.5 Å². The van der Waals surface area contributed by atoms with Gasteiger partial charge in [-0.25, -0.2) is 9.59 Å². The molecule has 3 atom stereocenters. The van der Waals surface area contributed by atoms with E-state index in [1.807, 2.05) is 54.6 Å². The van der Waals surface area contributed by atoms with Crippen LogP contribution in [0, 0.1) is 5.41 Å². The molecule has 3 aromatic carbocycles. The van der Waals surface area contributed by atoms with Crippen molar-refractivity contribution in [3.8, 4) is 11.1 Å². The molecule has 12 heteroatoms. The maximum atomic E-state index is 14.5. The number of nitrogens with zero attached hydrogens (tertiary/aromatic N) is 3. The lowest BCUT2D eigenvalue weighted by atomic mass is 9.85. The van der Waals surface area contributed by atoms with Crippen molar-refractivity contribution in [1.29, 1.82) is 0 Å². The summed E-state index contributed by atoms with van der Waals surface area (Å²) in [6.07, 6.45) is -1.41. The molecule has 1 aliphatic heterocycles. The summed E-state index contributed by atoms with van der Waals surface area (Å²) in [7, 11) is 2.80. The van der Waals surface area contributed by atoms with Crippen molar-refractivity contribution in [1.82, 2.24) is 14.7 Å². The first-order valence-electron chi connectivity index (χ1n) is 17.2. The summed E-state index contributed by atoms with van der Waals surface area (Å²) in [4.78, 5) is 58.5. The first-order valence-corrected chi connectivity index (χ1v) is 17.2. The lowest BCUT2D eigenvalue weighted by molar-refractivity contribution is -0.158. The molecule has 1 heterocycles. The van der Waals surface area contributed by atoms with Crippen molar-refractivity contribution >= 4 is 23.9 Å². The van der Waals surface area contributed by atoms with Gasteiger partial charge in [0.25, 0.3) is 0 Å². The Labute approximate surface area is 301 Å². The van der Waals surface area contributed by atoms with E-state index in [-0.39, 0.29) is 31.9 Å². The van der Waals surface area contributed by atoms with Crippen LogP contribution >= 0.6 is 0 Å². The number of hydrogen-bond acceptors (Lipinski definition) is 5. The molecule has 9 nitrogen and oxygen atoms in total. The van der Waals surface area contributed by atoms with E-state index in [2.05, 4.69) is 0 Å². The van der Waals surface area contributed by atoms with Crippen LogP contribution in [0.25, 0.3) is 11.1 Å². The van der Waals surface area contributed by atoms with E-state index in [4.69, 9.17) is 4.74 Å². The predicted molar refractivity (Wildman–Crippen MR) is 189 cm³/mol. The molecule has 3 amide bonds. The third kappa shape index (κ3) is 8.00. The Morgan fingerprint density at radius 1 is 0.904 bits per heavy atom. The van der Waals surface area contributed by atoms with Crippen LogP contribution in [0.15, 0.2) is 84.9 Å². The predicted octanol–water partition coefficient (Wildman–Crippen LogP) is 7.00. The van der Waals surface area contributed by atoms with E-state index in [0.29, 0.717) is 12.0 Å². The van der Waals surface area contributed by atoms with Gasteiger partial charge < -0.3 is 19.6 Å². The van der Waals surface area contributed by atoms with Crippen molar-refractivity contribution in [3.05, 3.63) is 107 Å². The normalized spacial score (nSPS) is 18.0. The van der Waals surface area contributed by atoms with Gasteiger partial charge in [-0.2, -0.15) is 13.2 Å². The molecule has 0 bridgehead atoms. The van der Waals surface area contributed by atoms with Crippen LogP contribution in [-0.4, -0.2) is 89.1 Å². The molecule has 0 fully saturated rings. The van der Waals surface area contributed by atoms with Crippen molar-refractivity contribution in [2.45, 2.75) is 70.3 Å². The maximum absolute atomic E-state index is 14.5. The molecule has 1 unspecified atom stereocenters. The van der Waals surface area contributed by atoms with Crippen molar-refractivity contribution in [3.63, 3.8) is 0 Å². The minimum atomic E-state index is -4.57. The van der Waals surface area contributed by atoms with E-state index < -0.39 is 59.2 Å². The number of carboxylic acid groups (broad SMARTS) is 1. The van der Waals surface area contributed by atoms with Crippen molar-refractivity contribution < 1.29 is 42.2 Å². The fourth-order valence-electron chi connectivity index (χ4n) is 7.28. The number of halogens is 3. The third-order valence-corrected chi connectivity index (χ3v) is 9.88. The number of carbonyl (C=O) groups is 4. The number of rotatable bonds is 9. The van der Waals surface area contributed by atoms with Crippen LogP contribution < -0.4 is 0 Å². The Morgan fingerprint density at radius 2 is 1.48 bits per heavy atom. The number of amides is 3. The number of carboxylic acids is 1. The molecule has 5 rings (SSSR count). The summed E-state index contributed by atoms with van der Waals surface area (Å²) >= 11 is 0. The number of benzene rings is 3. The van der Waals surface area contributed by atoms with Crippen molar-refractivity contribution in [2.75, 3.05) is 27.2 Å². The van der Waals surface area contributed by atoms with E-state index in [1.165, 1.54) is 36.0 Å². The average Bonchev–Trinajstić information content (AvgIpc) is 3.40. The molecular weight excluding hydrogens is 675 g/mol. The second-order valence-corrected chi connectivity index (χ2v) is 14.4. The number of likely N-dealkylation sites (N-methyl/N-ethyl adjacent to an activating group) is 2. The number of carbonyl (C=O) groups excluding carboxylic acids is 3. The van der Waals surface area contributed by atoms with Crippen LogP contribution in [0.2, 0.25) is 0 Å². The van der Waals surface area contributed by atoms with Gasteiger partial charge in [-0.1, -0.05) is 93.6 Å². The molecule has 0 radical (unpaired) electrons. The minimum absolute atomic E-state index is 0.0286. The number of ether oxygens (including phenoxy) is 1. The highest BCUT2D eigenvalue weighted by Gasteiger charge is 2.43. The van der Waals surface area contributed by atoms with Gasteiger partial charge in [-0.15, -0.1) is 0 Å². The summed E-state index contributed by atoms with van der Waals surface area (Å²) < 4.78 is 45.9. The van der Waals surface area contributed by atoms with E-state index in [1.54, 1.807) is 26.8 Å².